The van der Waals surface area contributed by atoms with E-state index in [1.165, 1.54) is 0 Å². The fourth-order valence-corrected chi connectivity index (χ4v) is 2.41. The summed E-state index contributed by atoms with van der Waals surface area (Å²) in [6, 6.07) is 14.5. The Bertz CT molecular complexity index is 628. The van der Waals surface area contributed by atoms with E-state index in [0.29, 0.717) is 22.9 Å². The van der Waals surface area contributed by atoms with Crippen LogP contribution in [-0.2, 0) is 0 Å². The van der Waals surface area contributed by atoms with Crippen molar-refractivity contribution in [2.75, 3.05) is 6.61 Å². The fourth-order valence-electron chi connectivity index (χ4n) is 2.11. The lowest BCUT2D eigenvalue weighted by Crippen LogP contribution is -2.27. The van der Waals surface area contributed by atoms with Gasteiger partial charge in [0, 0.05) is 5.02 Å². The van der Waals surface area contributed by atoms with Gasteiger partial charge in [-0.2, -0.15) is 0 Å². The molecule has 0 fully saturated rings. The second-order valence-electron chi connectivity index (χ2n) is 4.65. The first-order chi connectivity index (χ1) is 10.1. The lowest BCUT2D eigenvalue weighted by atomic mass is 10.1. The van der Waals surface area contributed by atoms with Crippen LogP contribution in [0.15, 0.2) is 48.5 Å². The molecule has 0 heterocycles. The number of amides is 1. The number of benzene rings is 2. The number of ether oxygens (including phenoxy) is 1. The zero-order chi connectivity index (χ0) is 15.2. The molecule has 2 aromatic carbocycles. The summed E-state index contributed by atoms with van der Waals surface area (Å²) in [5.74, 6) is 0.412. The number of para-hydroxylation sites is 1. The van der Waals surface area contributed by atoms with Gasteiger partial charge in [-0.05, 0) is 37.6 Å². The number of carbonyl (C=O) groups excluding carboxylic acids is 1. The van der Waals surface area contributed by atoms with Gasteiger partial charge in [0.2, 0.25) is 0 Å². The second kappa shape index (κ2) is 7.14. The van der Waals surface area contributed by atoms with Crippen LogP contribution in [0, 0.1) is 0 Å². The van der Waals surface area contributed by atoms with Gasteiger partial charge in [0.15, 0.2) is 0 Å². The molecule has 0 aliphatic heterocycles. The Morgan fingerprint density at radius 1 is 1.19 bits per heavy atom. The van der Waals surface area contributed by atoms with Crippen LogP contribution in [0.1, 0.15) is 35.8 Å². The number of halogens is 1. The molecule has 1 unspecified atom stereocenters. The van der Waals surface area contributed by atoms with E-state index < -0.39 is 0 Å². The number of rotatable bonds is 5. The van der Waals surface area contributed by atoms with E-state index in [-0.39, 0.29) is 11.9 Å². The molecule has 4 heteroatoms. The normalized spacial score (nSPS) is 11.8. The minimum Gasteiger partial charge on any atom is -0.493 e. The summed E-state index contributed by atoms with van der Waals surface area (Å²) in [5.41, 5.74) is 1.42. The molecule has 1 N–H and O–H groups in total. The van der Waals surface area contributed by atoms with Crippen LogP contribution in [0.25, 0.3) is 0 Å². The van der Waals surface area contributed by atoms with Gasteiger partial charge in [-0.1, -0.05) is 41.9 Å². The Morgan fingerprint density at radius 2 is 1.86 bits per heavy atom. The van der Waals surface area contributed by atoms with Gasteiger partial charge in [-0.3, -0.25) is 4.79 Å². The van der Waals surface area contributed by atoms with E-state index >= 15 is 0 Å². The molecule has 0 aromatic heterocycles. The molecular formula is C17H18ClNO2. The fraction of sp³-hybridized carbons (Fsp3) is 0.235. The average molecular weight is 304 g/mol. The van der Waals surface area contributed by atoms with E-state index in [9.17, 15) is 4.79 Å². The highest BCUT2D eigenvalue weighted by molar-refractivity contribution is 6.31. The highest BCUT2D eigenvalue weighted by Gasteiger charge is 2.16. The van der Waals surface area contributed by atoms with Gasteiger partial charge in [-0.25, -0.2) is 0 Å². The van der Waals surface area contributed by atoms with Gasteiger partial charge < -0.3 is 10.1 Å². The molecular weight excluding hydrogens is 286 g/mol. The number of hydrogen-bond donors (Lipinski definition) is 1. The molecule has 1 atom stereocenters. The van der Waals surface area contributed by atoms with E-state index in [1.807, 2.05) is 50.2 Å². The predicted molar refractivity (Wildman–Crippen MR) is 84.9 cm³/mol. The van der Waals surface area contributed by atoms with Crippen molar-refractivity contribution in [1.82, 2.24) is 5.32 Å². The Kier molecular flexibility index (Phi) is 5.23. The van der Waals surface area contributed by atoms with Crippen molar-refractivity contribution < 1.29 is 9.53 Å². The Morgan fingerprint density at radius 3 is 2.57 bits per heavy atom. The van der Waals surface area contributed by atoms with Gasteiger partial charge >= 0.3 is 0 Å². The zero-order valence-electron chi connectivity index (χ0n) is 12.1. The summed E-state index contributed by atoms with van der Waals surface area (Å²) in [6.45, 7) is 4.31. The highest BCUT2D eigenvalue weighted by atomic mass is 35.5. The number of nitrogens with one attached hydrogen (secondary N) is 1. The Balaban J connectivity index is 2.17. The third-order valence-electron chi connectivity index (χ3n) is 3.15. The minimum atomic E-state index is -0.180. The van der Waals surface area contributed by atoms with Gasteiger partial charge in [0.1, 0.15) is 5.75 Å². The molecule has 0 spiro atoms. The first-order valence-electron chi connectivity index (χ1n) is 6.90. The molecule has 110 valence electrons. The summed E-state index contributed by atoms with van der Waals surface area (Å²) in [5, 5.41) is 3.59. The van der Waals surface area contributed by atoms with Crippen LogP contribution < -0.4 is 10.1 Å². The van der Waals surface area contributed by atoms with Crippen LogP contribution in [0.2, 0.25) is 5.02 Å². The smallest absolute Gasteiger partial charge is 0.255 e. The van der Waals surface area contributed by atoms with E-state index in [2.05, 4.69) is 5.32 Å². The van der Waals surface area contributed by atoms with Crippen LogP contribution in [0.5, 0.6) is 5.75 Å². The monoisotopic (exact) mass is 303 g/mol. The third kappa shape index (κ3) is 3.76. The third-order valence-corrected chi connectivity index (χ3v) is 3.50. The Hall–Kier alpha value is -2.00. The van der Waals surface area contributed by atoms with E-state index in [4.69, 9.17) is 16.3 Å². The Labute approximate surface area is 129 Å². The van der Waals surface area contributed by atoms with Crippen LogP contribution in [-0.4, -0.2) is 12.5 Å². The van der Waals surface area contributed by atoms with Crippen molar-refractivity contribution in [3.8, 4) is 5.75 Å². The highest BCUT2D eigenvalue weighted by Crippen LogP contribution is 2.24. The predicted octanol–water partition coefficient (Wildman–Crippen LogP) is 4.23. The standard InChI is InChI=1S/C17H18ClNO2/c1-3-21-16-11-7-5-9-14(16)17(20)19-12(2)13-8-4-6-10-15(13)18/h4-12H,3H2,1-2H3,(H,19,20). The van der Waals surface area contributed by atoms with Crippen molar-refractivity contribution in [3.05, 3.63) is 64.7 Å². The van der Waals surface area contributed by atoms with Gasteiger partial charge in [0.25, 0.3) is 5.91 Å². The maximum atomic E-state index is 12.4. The quantitative estimate of drug-likeness (QED) is 0.897. The summed E-state index contributed by atoms with van der Waals surface area (Å²) >= 11 is 6.15. The van der Waals surface area contributed by atoms with E-state index in [1.54, 1.807) is 12.1 Å². The lowest BCUT2D eigenvalue weighted by molar-refractivity contribution is 0.0936. The summed E-state index contributed by atoms with van der Waals surface area (Å²) in [6.07, 6.45) is 0. The SMILES string of the molecule is CCOc1ccccc1C(=O)NC(C)c1ccccc1Cl. The molecule has 3 nitrogen and oxygen atoms in total. The summed E-state index contributed by atoms with van der Waals surface area (Å²) in [4.78, 5) is 12.4. The first kappa shape index (κ1) is 15.4. The summed E-state index contributed by atoms with van der Waals surface area (Å²) < 4.78 is 5.48. The molecule has 0 bridgehead atoms. The maximum absolute atomic E-state index is 12.4. The van der Waals surface area contributed by atoms with Crippen LogP contribution in [0.3, 0.4) is 0 Å². The molecule has 2 aromatic rings. The summed E-state index contributed by atoms with van der Waals surface area (Å²) in [7, 11) is 0. The topological polar surface area (TPSA) is 38.3 Å². The molecule has 0 radical (unpaired) electrons. The van der Waals surface area contributed by atoms with Crippen molar-refractivity contribution in [2.24, 2.45) is 0 Å². The van der Waals surface area contributed by atoms with Crippen molar-refractivity contribution >= 4 is 17.5 Å². The average Bonchev–Trinajstić information content (AvgIpc) is 2.48. The maximum Gasteiger partial charge on any atom is 0.255 e. The molecule has 0 aliphatic rings. The second-order valence-corrected chi connectivity index (χ2v) is 5.05. The molecule has 2 rings (SSSR count). The first-order valence-corrected chi connectivity index (χ1v) is 7.28. The van der Waals surface area contributed by atoms with Crippen LogP contribution >= 0.6 is 11.6 Å². The minimum absolute atomic E-state index is 0.175. The van der Waals surface area contributed by atoms with E-state index in [0.717, 1.165) is 5.56 Å². The van der Waals surface area contributed by atoms with Crippen molar-refractivity contribution in [2.45, 2.75) is 19.9 Å². The largest absolute Gasteiger partial charge is 0.493 e. The van der Waals surface area contributed by atoms with Crippen LogP contribution in [0.4, 0.5) is 0 Å². The van der Waals surface area contributed by atoms with Gasteiger partial charge in [-0.15, -0.1) is 0 Å². The number of hydrogen-bond acceptors (Lipinski definition) is 2. The molecule has 0 saturated heterocycles. The zero-order valence-corrected chi connectivity index (χ0v) is 12.9. The lowest BCUT2D eigenvalue weighted by Gasteiger charge is -2.17. The van der Waals surface area contributed by atoms with Gasteiger partial charge in [0.05, 0.1) is 18.2 Å². The molecule has 1 amide bonds. The van der Waals surface area contributed by atoms with Crippen molar-refractivity contribution in [1.29, 1.82) is 0 Å². The molecule has 0 saturated carbocycles. The molecule has 21 heavy (non-hydrogen) atoms. The molecule has 0 aliphatic carbocycles. The van der Waals surface area contributed by atoms with Crippen molar-refractivity contribution in [3.63, 3.8) is 0 Å². The number of carbonyl (C=O) groups is 1.